The summed E-state index contributed by atoms with van der Waals surface area (Å²) in [6.07, 6.45) is 2.17. The van der Waals surface area contributed by atoms with Gasteiger partial charge in [-0.15, -0.1) is 0 Å². The minimum atomic E-state index is 0.338. The maximum Gasteiger partial charge on any atom is 0.127 e. The van der Waals surface area contributed by atoms with Crippen LogP contribution in [0.3, 0.4) is 0 Å². The zero-order valence-electron chi connectivity index (χ0n) is 10.7. The molecule has 0 radical (unpaired) electrons. The first-order chi connectivity index (χ1) is 8.35. The fourth-order valence-corrected chi connectivity index (χ4v) is 1.99. The van der Waals surface area contributed by atoms with Crippen LogP contribution in [-0.2, 0) is 0 Å². The number of rotatable bonds is 6. The zero-order valence-corrected chi connectivity index (χ0v) is 10.7. The monoisotopic (exact) mass is 235 g/mol. The van der Waals surface area contributed by atoms with Crippen molar-refractivity contribution < 1.29 is 9.47 Å². The summed E-state index contributed by atoms with van der Waals surface area (Å²) in [5.74, 6) is 1.87. The van der Waals surface area contributed by atoms with E-state index in [1.807, 2.05) is 12.1 Å². The lowest BCUT2D eigenvalue weighted by atomic mass is 10.1. The van der Waals surface area contributed by atoms with Gasteiger partial charge in [-0.2, -0.15) is 0 Å². The molecule has 1 heterocycles. The average Bonchev–Trinajstić information content (AvgIpc) is 2.76. The molecule has 3 nitrogen and oxygen atoms in total. The lowest BCUT2D eigenvalue weighted by molar-refractivity contribution is 0.303. The summed E-state index contributed by atoms with van der Waals surface area (Å²) >= 11 is 0. The van der Waals surface area contributed by atoms with E-state index in [0.717, 1.165) is 44.1 Å². The van der Waals surface area contributed by atoms with E-state index in [1.165, 1.54) is 5.56 Å². The molecule has 0 saturated carbocycles. The van der Waals surface area contributed by atoms with Crippen LogP contribution < -0.4 is 14.8 Å². The van der Waals surface area contributed by atoms with Crippen LogP contribution in [0.5, 0.6) is 11.5 Å². The van der Waals surface area contributed by atoms with Crippen LogP contribution in [0.2, 0.25) is 0 Å². The summed E-state index contributed by atoms with van der Waals surface area (Å²) in [5, 5.41) is 3.48. The van der Waals surface area contributed by atoms with Gasteiger partial charge in [-0.05, 0) is 31.5 Å². The highest BCUT2D eigenvalue weighted by Gasteiger charge is 2.23. The summed E-state index contributed by atoms with van der Waals surface area (Å²) in [7, 11) is 0. The zero-order chi connectivity index (χ0) is 12.1. The highest BCUT2D eigenvalue weighted by atomic mass is 16.5. The molecule has 0 fully saturated rings. The van der Waals surface area contributed by atoms with Crippen molar-refractivity contribution in [1.82, 2.24) is 5.32 Å². The topological polar surface area (TPSA) is 30.5 Å². The summed E-state index contributed by atoms with van der Waals surface area (Å²) < 4.78 is 11.3. The largest absolute Gasteiger partial charge is 0.493 e. The van der Waals surface area contributed by atoms with Gasteiger partial charge in [-0.3, -0.25) is 0 Å². The molecule has 1 N–H and O–H groups in total. The molecule has 3 heteroatoms. The number of nitrogens with one attached hydrogen (secondary N) is 1. The van der Waals surface area contributed by atoms with Crippen LogP contribution in [0.1, 0.15) is 38.3 Å². The van der Waals surface area contributed by atoms with E-state index >= 15 is 0 Å². The van der Waals surface area contributed by atoms with E-state index in [1.54, 1.807) is 0 Å². The first-order valence-corrected chi connectivity index (χ1v) is 6.48. The van der Waals surface area contributed by atoms with Crippen molar-refractivity contribution in [2.45, 2.75) is 32.7 Å². The molecule has 0 amide bonds. The quantitative estimate of drug-likeness (QED) is 0.822. The Morgan fingerprint density at radius 3 is 3.00 bits per heavy atom. The Hall–Kier alpha value is -1.22. The Morgan fingerprint density at radius 2 is 2.24 bits per heavy atom. The van der Waals surface area contributed by atoms with E-state index in [9.17, 15) is 0 Å². The van der Waals surface area contributed by atoms with Crippen LogP contribution >= 0.6 is 0 Å². The number of hydrogen-bond acceptors (Lipinski definition) is 3. The minimum absolute atomic E-state index is 0.338. The minimum Gasteiger partial charge on any atom is -0.493 e. The van der Waals surface area contributed by atoms with Gasteiger partial charge in [0, 0.05) is 11.6 Å². The van der Waals surface area contributed by atoms with Gasteiger partial charge in [-0.1, -0.05) is 13.8 Å². The Morgan fingerprint density at radius 1 is 1.35 bits per heavy atom. The molecule has 1 aromatic rings. The van der Waals surface area contributed by atoms with Gasteiger partial charge in [0.25, 0.3) is 0 Å². The highest BCUT2D eigenvalue weighted by molar-refractivity contribution is 5.45. The van der Waals surface area contributed by atoms with Crippen LogP contribution in [0, 0.1) is 0 Å². The number of benzene rings is 1. The van der Waals surface area contributed by atoms with Crippen LogP contribution in [0.25, 0.3) is 0 Å². The van der Waals surface area contributed by atoms with Crippen LogP contribution in [0.15, 0.2) is 18.2 Å². The predicted octanol–water partition coefficient (Wildman–Crippen LogP) is 2.91. The average molecular weight is 235 g/mol. The summed E-state index contributed by atoms with van der Waals surface area (Å²) in [6.45, 7) is 6.80. The molecule has 0 aliphatic carbocycles. The molecule has 0 spiro atoms. The molecular weight excluding hydrogens is 214 g/mol. The molecular formula is C14H21NO2. The number of hydrogen-bond donors (Lipinski definition) is 1. The molecule has 1 aliphatic rings. The van der Waals surface area contributed by atoms with E-state index in [0.29, 0.717) is 6.04 Å². The maximum atomic E-state index is 5.69. The van der Waals surface area contributed by atoms with Gasteiger partial charge in [0.1, 0.15) is 18.1 Å². The fourth-order valence-electron chi connectivity index (χ4n) is 1.99. The molecule has 0 saturated heterocycles. The Labute approximate surface area is 103 Å². The van der Waals surface area contributed by atoms with Crippen molar-refractivity contribution in [3.8, 4) is 11.5 Å². The van der Waals surface area contributed by atoms with Gasteiger partial charge < -0.3 is 14.8 Å². The van der Waals surface area contributed by atoms with Gasteiger partial charge in [0.15, 0.2) is 0 Å². The molecule has 17 heavy (non-hydrogen) atoms. The predicted molar refractivity (Wildman–Crippen MR) is 68.8 cm³/mol. The smallest absolute Gasteiger partial charge is 0.127 e. The van der Waals surface area contributed by atoms with Gasteiger partial charge >= 0.3 is 0 Å². The second kappa shape index (κ2) is 5.92. The third kappa shape index (κ3) is 2.91. The molecule has 0 bridgehead atoms. The lowest BCUT2D eigenvalue weighted by Gasteiger charge is -2.10. The standard InChI is InChI=1S/C14H21NO2/c1-3-7-15-13-10-17-14-9-11(16-8-4-2)5-6-12(13)14/h5-6,9,13,15H,3-4,7-8,10H2,1-2H3. The van der Waals surface area contributed by atoms with Crippen LogP contribution in [0.4, 0.5) is 0 Å². The summed E-state index contributed by atoms with van der Waals surface area (Å²) in [4.78, 5) is 0. The number of ether oxygens (including phenoxy) is 2. The Kier molecular flexibility index (Phi) is 4.26. The van der Waals surface area contributed by atoms with Crippen molar-refractivity contribution in [1.29, 1.82) is 0 Å². The molecule has 1 aliphatic heterocycles. The van der Waals surface area contributed by atoms with Gasteiger partial charge in [0.2, 0.25) is 0 Å². The first kappa shape index (κ1) is 12.2. The van der Waals surface area contributed by atoms with Crippen molar-refractivity contribution in [3.63, 3.8) is 0 Å². The highest BCUT2D eigenvalue weighted by Crippen LogP contribution is 2.35. The van der Waals surface area contributed by atoms with Gasteiger partial charge in [0.05, 0.1) is 12.6 Å². The molecule has 1 aromatic carbocycles. The summed E-state index contributed by atoms with van der Waals surface area (Å²) in [5.41, 5.74) is 1.25. The summed E-state index contributed by atoms with van der Waals surface area (Å²) in [6, 6.07) is 6.48. The molecule has 0 aromatic heterocycles. The molecule has 1 unspecified atom stereocenters. The normalized spacial score (nSPS) is 17.6. The maximum absolute atomic E-state index is 5.69. The van der Waals surface area contributed by atoms with E-state index in [-0.39, 0.29) is 0 Å². The van der Waals surface area contributed by atoms with Gasteiger partial charge in [-0.25, -0.2) is 0 Å². The second-order valence-electron chi connectivity index (χ2n) is 4.37. The van der Waals surface area contributed by atoms with Crippen molar-refractivity contribution in [3.05, 3.63) is 23.8 Å². The van der Waals surface area contributed by atoms with Crippen LogP contribution in [-0.4, -0.2) is 19.8 Å². The molecule has 94 valence electrons. The first-order valence-electron chi connectivity index (χ1n) is 6.48. The van der Waals surface area contributed by atoms with E-state index in [2.05, 4.69) is 25.2 Å². The second-order valence-corrected chi connectivity index (χ2v) is 4.37. The third-order valence-electron chi connectivity index (χ3n) is 2.88. The molecule has 2 rings (SSSR count). The number of fused-ring (bicyclic) bond motifs is 1. The van der Waals surface area contributed by atoms with Crippen molar-refractivity contribution >= 4 is 0 Å². The lowest BCUT2D eigenvalue weighted by Crippen LogP contribution is -2.22. The van der Waals surface area contributed by atoms with E-state index in [4.69, 9.17) is 9.47 Å². The van der Waals surface area contributed by atoms with Crippen molar-refractivity contribution in [2.24, 2.45) is 0 Å². The fraction of sp³-hybridized carbons (Fsp3) is 0.571. The SMILES string of the molecule is CCCNC1COc2cc(OCCC)ccc21. The van der Waals surface area contributed by atoms with Crippen molar-refractivity contribution in [2.75, 3.05) is 19.8 Å². The Balaban J connectivity index is 2.03. The molecule has 1 atom stereocenters. The Bertz CT molecular complexity index is 365. The third-order valence-corrected chi connectivity index (χ3v) is 2.88. The van der Waals surface area contributed by atoms with E-state index < -0.39 is 0 Å².